The molecule has 0 aliphatic heterocycles. The summed E-state index contributed by atoms with van der Waals surface area (Å²) in [5.74, 6) is 1.86. The molecule has 0 atom stereocenters. The summed E-state index contributed by atoms with van der Waals surface area (Å²) in [7, 11) is 0. The van der Waals surface area contributed by atoms with Crippen molar-refractivity contribution in [1.82, 2.24) is 15.0 Å². The van der Waals surface area contributed by atoms with Gasteiger partial charge in [0.05, 0.1) is 0 Å². The van der Waals surface area contributed by atoms with Crippen molar-refractivity contribution in [3.8, 4) is 56.4 Å². The number of fused-ring (bicyclic) bond motifs is 10. The van der Waals surface area contributed by atoms with Crippen LogP contribution in [0.3, 0.4) is 0 Å². The van der Waals surface area contributed by atoms with Gasteiger partial charge >= 0.3 is 0 Å². The van der Waals surface area contributed by atoms with Crippen molar-refractivity contribution in [3.63, 3.8) is 0 Å². The Morgan fingerprint density at radius 2 is 0.980 bits per heavy atom. The highest BCUT2D eigenvalue weighted by Crippen LogP contribution is 2.56. The monoisotopic (exact) mass is 641 g/mol. The van der Waals surface area contributed by atoms with Crippen molar-refractivity contribution in [1.29, 1.82) is 0 Å². The smallest absolute Gasteiger partial charge is 0.164 e. The fourth-order valence-corrected chi connectivity index (χ4v) is 7.91. The number of hydrogen-bond donors (Lipinski definition) is 0. The normalized spacial score (nSPS) is 13.2. The highest BCUT2D eigenvalue weighted by molar-refractivity contribution is 6.23. The quantitative estimate of drug-likeness (QED) is 0.192. The second-order valence-electron chi connectivity index (χ2n) is 13.6. The molecule has 0 unspecified atom stereocenters. The maximum atomic E-state index is 6.86. The molecular weight excluding hydrogens is 611 g/mol. The second kappa shape index (κ2) is 10.8. The first kappa shape index (κ1) is 28.6. The average Bonchev–Trinajstić information content (AvgIpc) is 3.67. The SMILES string of the molecule is CC1(C)c2ccccc2-c2c1c1c3ccc(-c4nc(-c5ccccc5)nc(-c5ccc(-c6ccccc6)cc5)n4)cc3oc1c1ccccc21. The van der Waals surface area contributed by atoms with Crippen LogP contribution in [0.15, 0.2) is 156 Å². The molecule has 0 fully saturated rings. The van der Waals surface area contributed by atoms with E-state index < -0.39 is 0 Å². The first-order valence-electron chi connectivity index (χ1n) is 17.0. The number of rotatable bonds is 4. The van der Waals surface area contributed by atoms with Gasteiger partial charge in [-0.3, -0.25) is 0 Å². The maximum Gasteiger partial charge on any atom is 0.164 e. The van der Waals surface area contributed by atoms with E-state index in [4.69, 9.17) is 19.4 Å². The number of hydrogen-bond acceptors (Lipinski definition) is 4. The zero-order valence-electron chi connectivity index (χ0n) is 27.7. The van der Waals surface area contributed by atoms with Gasteiger partial charge in [0.15, 0.2) is 17.5 Å². The number of benzene rings is 7. The van der Waals surface area contributed by atoms with E-state index in [0.29, 0.717) is 17.5 Å². The van der Waals surface area contributed by atoms with E-state index in [-0.39, 0.29) is 5.41 Å². The van der Waals surface area contributed by atoms with Gasteiger partial charge in [0, 0.05) is 38.3 Å². The minimum Gasteiger partial charge on any atom is -0.455 e. The molecule has 0 bridgehead atoms. The largest absolute Gasteiger partial charge is 0.455 e. The summed E-state index contributed by atoms with van der Waals surface area (Å²) in [6.45, 7) is 4.67. The van der Waals surface area contributed by atoms with Crippen LogP contribution in [-0.4, -0.2) is 15.0 Å². The van der Waals surface area contributed by atoms with Gasteiger partial charge in [-0.1, -0.05) is 153 Å². The van der Waals surface area contributed by atoms with Crippen molar-refractivity contribution in [2.45, 2.75) is 19.3 Å². The Morgan fingerprint density at radius 3 is 1.70 bits per heavy atom. The summed E-state index contributed by atoms with van der Waals surface area (Å²) in [4.78, 5) is 15.0. The Labute approximate surface area is 289 Å². The predicted octanol–water partition coefficient (Wildman–Crippen LogP) is 11.9. The number of aromatic nitrogens is 3. The van der Waals surface area contributed by atoms with E-state index >= 15 is 0 Å². The van der Waals surface area contributed by atoms with Gasteiger partial charge in [-0.15, -0.1) is 0 Å². The molecule has 0 radical (unpaired) electrons. The molecule has 0 saturated carbocycles. The van der Waals surface area contributed by atoms with Gasteiger partial charge in [0.1, 0.15) is 11.2 Å². The second-order valence-corrected chi connectivity index (χ2v) is 13.6. The summed E-state index contributed by atoms with van der Waals surface area (Å²) in [6.07, 6.45) is 0. The Hall–Kier alpha value is -6.39. The summed E-state index contributed by atoms with van der Waals surface area (Å²) in [6, 6.07) is 52.8. The zero-order chi connectivity index (χ0) is 33.4. The lowest BCUT2D eigenvalue weighted by molar-refractivity contribution is 0.659. The summed E-state index contributed by atoms with van der Waals surface area (Å²) >= 11 is 0. The molecule has 236 valence electrons. The predicted molar refractivity (Wildman–Crippen MR) is 204 cm³/mol. The minimum absolute atomic E-state index is 0.187. The van der Waals surface area contributed by atoms with Crippen LogP contribution in [0.5, 0.6) is 0 Å². The Morgan fingerprint density at radius 1 is 0.460 bits per heavy atom. The Balaban J connectivity index is 1.17. The van der Waals surface area contributed by atoms with E-state index in [1.54, 1.807) is 0 Å². The van der Waals surface area contributed by atoms with E-state index in [1.807, 2.05) is 36.4 Å². The molecule has 0 spiro atoms. The lowest BCUT2D eigenvalue weighted by atomic mass is 9.79. The van der Waals surface area contributed by atoms with Crippen LogP contribution in [0, 0.1) is 0 Å². The molecule has 2 aromatic heterocycles. The van der Waals surface area contributed by atoms with Crippen LogP contribution in [0.25, 0.3) is 89.1 Å². The molecule has 4 heteroatoms. The topological polar surface area (TPSA) is 51.8 Å². The highest BCUT2D eigenvalue weighted by atomic mass is 16.3. The molecule has 1 aliphatic rings. The third-order valence-corrected chi connectivity index (χ3v) is 10.3. The molecule has 9 aromatic rings. The lowest BCUT2D eigenvalue weighted by Crippen LogP contribution is -2.15. The van der Waals surface area contributed by atoms with E-state index in [0.717, 1.165) is 44.2 Å². The van der Waals surface area contributed by atoms with Crippen molar-refractivity contribution in [3.05, 3.63) is 163 Å². The molecule has 0 N–H and O–H groups in total. The van der Waals surface area contributed by atoms with Crippen molar-refractivity contribution < 1.29 is 4.42 Å². The highest BCUT2D eigenvalue weighted by Gasteiger charge is 2.39. The van der Waals surface area contributed by atoms with Crippen LogP contribution in [0.1, 0.15) is 25.0 Å². The molecule has 7 aromatic carbocycles. The zero-order valence-corrected chi connectivity index (χ0v) is 27.7. The van der Waals surface area contributed by atoms with Crippen LogP contribution in [0.2, 0.25) is 0 Å². The minimum atomic E-state index is -0.187. The van der Waals surface area contributed by atoms with Gasteiger partial charge in [-0.05, 0) is 50.9 Å². The van der Waals surface area contributed by atoms with E-state index in [2.05, 4.69) is 129 Å². The van der Waals surface area contributed by atoms with Gasteiger partial charge in [0.25, 0.3) is 0 Å². The maximum absolute atomic E-state index is 6.86. The average molecular weight is 642 g/mol. The summed E-state index contributed by atoms with van der Waals surface area (Å²) in [5, 5.41) is 4.63. The van der Waals surface area contributed by atoms with Crippen molar-refractivity contribution >= 4 is 32.7 Å². The molecule has 2 heterocycles. The number of furan rings is 1. The van der Waals surface area contributed by atoms with Crippen LogP contribution in [-0.2, 0) is 5.41 Å². The third kappa shape index (κ3) is 4.28. The van der Waals surface area contributed by atoms with Crippen LogP contribution in [0.4, 0.5) is 0 Å². The van der Waals surface area contributed by atoms with Gasteiger partial charge < -0.3 is 4.42 Å². The van der Waals surface area contributed by atoms with E-state index in [1.165, 1.54) is 38.6 Å². The van der Waals surface area contributed by atoms with Crippen molar-refractivity contribution in [2.75, 3.05) is 0 Å². The van der Waals surface area contributed by atoms with Gasteiger partial charge in [0.2, 0.25) is 0 Å². The molecule has 4 nitrogen and oxygen atoms in total. The van der Waals surface area contributed by atoms with E-state index in [9.17, 15) is 0 Å². The van der Waals surface area contributed by atoms with Crippen LogP contribution >= 0.6 is 0 Å². The van der Waals surface area contributed by atoms with Crippen molar-refractivity contribution in [2.24, 2.45) is 0 Å². The molecule has 0 amide bonds. The number of nitrogens with zero attached hydrogens (tertiary/aromatic N) is 3. The van der Waals surface area contributed by atoms with Gasteiger partial charge in [-0.2, -0.15) is 0 Å². The Bertz CT molecular complexity index is 2760. The fourth-order valence-electron chi connectivity index (χ4n) is 7.91. The molecule has 50 heavy (non-hydrogen) atoms. The fraction of sp³-hybridized carbons (Fsp3) is 0.0652. The standard InChI is InChI=1S/C46H31N3O/c1-46(2)37-20-12-11-19-35(37)39-33-17-9-10-18-34(33)42-40(41(39)46)36-26-25-32(27-38(36)50-42)45-48-43(30-15-7-4-8-16-30)47-44(49-45)31-23-21-29(22-24-31)28-13-5-3-6-14-28/h3-27H,1-2H3. The molecule has 1 aliphatic carbocycles. The first-order chi connectivity index (χ1) is 24.5. The first-order valence-corrected chi connectivity index (χ1v) is 17.0. The third-order valence-electron chi connectivity index (χ3n) is 10.3. The summed E-state index contributed by atoms with van der Waals surface area (Å²) in [5.41, 5.74) is 11.9. The Kier molecular flexibility index (Phi) is 6.19. The van der Waals surface area contributed by atoms with Gasteiger partial charge in [-0.25, -0.2) is 15.0 Å². The molecular formula is C46H31N3O. The lowest BCUT2D eigenvalue weighted by Gasteiger charge is -2.22. The van der Waals surface area contributed by atoms with Crippen LogP contribution < -0.4 is 0 Å². The molecule has 0 saturated heterocycles. The summed E-state index contributed by atoms with van der Waals surface area (Å²) < 4.78 is 6.86. The molecule has 10 rings (SSSR count).